The Morgan fingerprint density at radius 3 is 2.57 bits per heavy atom. The van der Waals surface area contributed by atoms with Crippen LogP contribution < -0.4 is 4.90 Å². The van der Waals surface area contributed by atoms with Gasteiger partial charge in [-0.3, -0.25) is 4.57 Å². The maximum absolute atomic E-state index is 6.22. The molecule has 0 amide bonds. The zero-order chi connectivity index (χ0) is 15.6. The minimum absolute atomic E-state index is 0.795. The van der Waals surface area contributed by atoms with Crippen LogP contribution in [0.4, 0.5) is 11.6 Å². The number of para-hydroxylation sites is 1. The van der Waals surface area contributed by atoms with Gasteiger partial charge in [-0.15, -0.1) is 10.2 Å². The highest BCUT2D eigenvalue weighted by Gasteiger charge is 2.25. The van der Waals surface area contributed by atoms with Gasteiger partial charge >= 0.3 is 0 Å². The molecule has 0 atom stereocenters. The number of nitrogens with zero attached hydrogens (tertiary/aromatic N) is 4. The van der Waals surface area contributed by atoms with Crippen molar-refractivity contribution < 1.29 is 0 Å². The van der Waals surface area contributed by atoms with Crippen molar-refractivity contribution in [1.29, 1.82) is 0 Å². The molecule has 0 unspecified atom stereocenters. The van der Waals surface area contributed by atoms with Gasteiger partial charge in [0.2, 0.25) is 5.95 Å². The molecule has 116 valence electrons. The van der Waals surface area contributed by atoms with Crippen molar-refractivity contribution in [3.8, 4) is 0 Å². The van der Waals surface area contributed by atoms with E-state index < -0.39 is 0 Å². The van der Waals surface area contributed by atoms with E-state index in [9.17, 15) is 0 Å². The molecule has 23 heavy (non-hydrogen) atoms. The summed E-state index contributed by atoms with van der Waals surface area (Å²) in [6, 6.07) is 18.2. The molecule has 4 rings (SSSR count). The number of thioether (sulfide) groups is 1. The third-order valence-electron chi connectivity index (χ3n) is 3.87. The van der Waals surface area contributed by atoms with Crippen LogP contribution in [0.2, 0.25) is 5.02 Å². The van der Waals surface area contributed by atoms with Gasteiger partial charge in [-0.25, -0.2) is 0 Å². The molecule has 0 spiro atoms. The van der Waals surface area contributed by atoms with E-state index in [-0.39, 0.29) is 0 Å². The molecule has 0 N–H and O–H groups in total. The van der Waals surface area contributed by atoms with Crippen molar-refractivity contribution in [2.75, 3.05) is 11.4 Å². The summed E-state index contributed by atoms with van der Waals surface area (Å²) in [4.78, 5) is 2.20. The predicted octanol–water partition coefficient (Wildman–Crippen LogP) is 4.38. The van der Waals surface area contributed by atoms with Gasteiger partial charge in [0.05, 0.1) is 0 Å². The van der Waals surface area contributed by atoms with Gasteiger partial charge in [-0.05, 0) is 23.8 Å². The average Bonchev–Trinajstić information content (AvgIpc) is 3.17. The molecule has 2 aromatic carbocycles. The van der Waals surface area contributed by atoms with Crippen molar-refractivity contribution in [3.05, 3.63) is 65.2 Å². The van der Waals surface area contributed by atoms with Gasteiger partial charge in [-0.2, -0.15) is 0 Å². The molecule has 4 nitrogen and oxygen atoms in total. The van der Waals surface area contributed by atoms with Crippen molar-refractivity contribution in [3.63, 3.8) is 0 Å². The monoisotopic (exact) mass is 342 g/mol. The first kappa shape index (κ1) is 14.6. The summed E-state index contributed by atoms with van der Waals surface area (Å²) in [7, 11) is 0. The zero-order valence-corrected chi connectivity index (χ0v) is 14.0. The van der Waals surface area contributed by atoms with Gasteiger partial charge in [0, 0.05) is 29.6 Å². The number of anilines is 2. The molecular weight excluding hydrogens is 328 g/mol. The fourth-order valence-corrected chi connectivity index (χ4v) is 3.94. The van der Waals surface area contributed by atoms with Crippen LogP contribution in [0.15, 0.2) is 59.8 Å². The van der Waals surface area contributed by atoms with Crippen LogP contribution in [0.1, 0.15) is 5.56 Å². The first-order chi connectivity index (χ1) is 11.3. The summed E-state index contributed by atoms with van der Waals surface area (Å²) in [5.74, 6) is 1.71. The van der Waals surface area contributed by atoms with E-state index in [2.05, 4.69) is 31.8 Å². The molecule has 0 radical (unpaired) electrons. The molecule has 1 aliphatic heterocycles. The van der Waals surface area contributed by atoms with Gasteiger partial charge in [0.15, 0.2) is 5.16 Å². The number of fused-ring (bicyclic) bond motifs is 1. The summed E-state index contributed by atoms with van der Waals surface area (Å²) in [5, 5.41) is 10.5. The Balaban J connectivity index is 1.54. The molecule has 0 aliphatic carbocycles. The van der Waals surface area contributed by atoms with E-state index in [1.54, 1.807) is 11.8 Å². The molecule has 1 aromatic heterocycles. The molecule has 0 fully saturated rings. The average molecular weight is 343 g/mol. The molecule has 0 saturated heterocycles. The molecule has 6 heteroatoms. The Kier molecular flexibility index (Phi) is 3.97. The van der Waals surface area contributed by atoms with Crippen LogP contribution in [0.25, 0.3) is 0 Å². The number of hydrogen-bond acceptors (Lipinski definition) is 4. The standard InChI is InChI=1S/C17H15ClN4S/c18-15-9-5-4-6-13(15)12-23-17-20-19-16-21(10-11-22(16)17)14-7-2-1-3-8-14/h1-9H,10-12H2. The molecule has 0 saturated carbocycles. The molecule has 0 bridgehead atoms. The molecule has 1 aliphatic rings. The number of halogens is 1. The number of aromatic nitrogens is 3. The number of rotatable bonds is 4. The van der Waals surface area contributed by atoms with E-state index in [4.69, 9.17) is 11.6 Å². The van der Waals surface area contributed by atoms with Crippen molar-refractivity contribution in [1.82, 2.24) is 14.8 Å². The van der Waals surface area contributed by atoms with E-state index in [0.29, 0.717) is 0 Å². The van der Waals surface area contributed by atoms with Crippen molar-refractivity contribution >= 4 is 35.0 Å². The highest BCUT2D eigenvalue weighted by Crippen LogP contribution is 2.33. The fraction of sp³-hybridized carbons (Fsp3) is 0.176. The highest BCUT2D eigenvalue weighted by molar-refractivity contribution is 7.98. The van der Waals surface area contributed by atoms with E-state index in [1.807, 2.05) is 42.5 Å². The minimum atomic E-state index is 0.795. The second kappa shape index (κ2) is 6.26. The third kappa shape index (κ3) is 2.82. The van der Waals surface area contributed by atoms with Gasteiger partial charge < -0.3 is 4.90 Å². The highest BCUT2D eigenvalue weighted by atomic mass is 35.5. The lowest BCUT2D eigenvalue weighted by molar-refractivity contribution is 0.704. The second-order valence-corrected chi connectivity index (χ2v) is 6.65. The third-order valence-corrected chi connectivity index (χ3v) is 5.25. The lowest BCUT2D eigenvalue weighted by Gasteiger charge is -2.14. The quantitative estimate of drug-likeness (QED) is 0.659. The van der Waals surface area contributed by atoms with E-state index in [0.717, 1.165) is 46.2 Å². The van der Waals surface area contributed by atoms with Crippen molar-refractivity contribution in [2.24, 2.45) is 0 Å². The Morgan fingerprint density at radius 2 is 1.74 bits per heavy atom. The lowest BCUT2D eigenvalue weighted by atomic mass is 10.2. The SMILES string of the molecule is Clc1ccccc1CSc1nnc2n1CCN2c1ccccc1. The summed E-state index contributed by atoms with van der Waals surface area (Å²) in [6.45, 7) is 1.83. The Morgan fingerprint density at radius 1 is 0.957 bits per heavy atom. The second-order valence-electron chi connectivity index (χ2n) is 5.30. The minimum Gasteiger partial charge on any atom is -0.309 e. The predicted molar refractivity (Wildman–Crippen MR) is 94.5 cm³/mol. The van der Waals surface area contributed by atoms with Gasteiger partial charge in [0.25, 0.3) is 0 Å². The van der Waals surface area contributed by atoms with Crippen LogP contribution in [-0.2, 0) is 12.3 Å². The number of benzene rings is 2. The zero-order valence-electron chi connectivity index (χ0n) is 12.4. The van der Waals surface area contributed by atoms with Crippen LogP contribution in [-0.4, -0.2) is 21.3 Å². The summed E-state index contributed by atoms with van der Waals surface area (Å²) >= 11 is 7.90. The Hall–Kier alpha value is -1.98. The first-order valence-electron chi connectivity index (χ1n) is 7.45. The van der Waals surface area contributed by atoms with Gasteiger partial charge in [-0.1, -0.05) is 59.8 Å². The van der Waals surface area contributed by atoms with Crippen LogP contribution in [0.5, 0.6) is 0 Å². The van der Waals surface area contributed by atoms with Crippen LogP contribution >= 0.6 is 23.4 Å². The topological polar surface area (TPSA) is 34.0 Å². The van der Waals surface area contributed by atoms with Crippen molar-refractivity contribution in [2.45, 2.75) is 17.5 Å². The molecular formula is C17H15ClN4S. The molecule has 2 heterocycles. The maximum atomic E-state index is 6.22. The smallest absolute Gasteiger partial charge is 0.232 e. The normalized spacial score (nSPS) is 13.3. The Bertz CT molecular complexity index is 818. The molecule has 3 aromatic rings. The van der Waals surface area contributed by atoms with Gasteiger partial charge in [0.1, 0.15) is 0 Å². The van der Waals surface area contributed by atoms with E-state index >= 15 is 0 Å². The first-order valence-corrected chi connectivity index (χ1v) is 8.81. The maximum Gasteiger partial charge on any atom is 0.232 e. The Labute approximate surface area is 144 Å². The summed E-state index contributed by atoms with van der Waals surface area (Å²) in [5.41, 5.74) is 2.27. The largest absolute Gasteiger partial charge is 0.309 e. The van der Waals surface area contributed by atoms with Crippen LogP contribution in [0, 0.1) is 0 Å². The summed E-state index contributed by atoms with van der Waals surface area (Å²) < 4.78 is 2.18. The summed E-state index contributed by atoms with van der Waals surface area (Å²) in [6.07, 6.45) is 0. The van der Waals surface area contributed by atoms with E-state index in [1.165, 1.54) is 0 Å². The number of hydrogen-bond donors (Lipinski definition) is 0. The van der Waals surface area contributed by atoms with Crippen LogP contribution in [0.3, 0.4) is 0 Å². The lowest BCUT2D eigenvalue weighted by Crippen LogP contribution is -2.13. The fourth-order valence-electron chi connectivity index (χ4n) is 2.69.